The maximum atomic E-state index is 13.8. The highest BCUT2D eigenvalue weighted by atomic mass is 16.5. The summed E-state index contributed by atoms with van der Waals surface area (Å²) in [6, 6.07) is 22.3. The van der Waals surface area contributed by atoms with Crippen LogP contribution in [-0.2, 0) is 9.59 Å². The Morgan fingerprint density at radius 3 is 2.03 bits per heavy atom. The van der Waals surface area contributed by atoms with E-state index in [1.54, 1.807) is 37.3 Å². The van der Waals surface area contributed by atoms with Gasteiger partial charge in [-0.2, -0.15) is 0 Å². The van der Waals surface area contributed by atoms with Crippen molar-refractivity contribution < 1.29 is 19.1 Å². The Morgan fingerprint density at radius 2 is 1.44 bits per heavy atom. The van der Waals surface area contributed by atoms with Crippen LogP contribution in [0.3, 0.4) is 0 Å². The second-order valence-electron chi connectivity index (χ2n) is 8.38. The van der Waals surface area contributed by atoms with Gasteiger partial charge in [-0.15, -0.1) is 0 Å². The molecule has 0 aliphatic carbocycles. The molecule has 0 atom stereocenters. The Morgan fingerprint density at radius 1 is 0.794 bits per heavy atom. The first-order valence-electron chi connectivity index (χ1n) is 11.1. The molecule has 0 saturated heterocycles. The van der Waals surface area contributed by atoms with Crippen LogP contribution in [0.1, 0.15) is 30.9 Å². The molecule has 3 aromatic carbocycles. The average Bonchev–Trinajstić information content (AvgIpc) is 3.13. The van der Waals surface area contributed by atoms with Crippen molar-refractivity contribution in [2.45, 2.75) is 19.8 Å². The molecule has 0 unspecified atom stereocenters. The molecular weight excluding hydrogens is 428 g/mol. The number of hydrogen-bond donors (Lipinski definition) is 0. The fourth-order valence-corrected chi connectivity index (χ4v) is 4.10. The van der Waals surface area contributed by atoms with Crippen molar-refractivity contribution in [2.24, 2.45) is 0 Å². The zero-order valence-electron chi connectivity index (χ0n) is 20.0. The van der Waals surface area contributed by atoms with Crippen LogP contribution in [0.2, 0.25) is 0 Å². The number of rotatable bonds is 7. The minimum absolute atomic E-state index is 0.302. The number of carbonyl (C=O) groups excluding carboxylic acids is 2. The highest BCUT2D eigenvalue weighted by Crippen LogP contribution is 2.39. The third-order valence-corrected chi connectivity index (χ3v) is 6.03. The molecule has 3 aromatic rings. The van der Waals surface area contributed by atoms with E-state index in [-0.39, 0.29) is 11.8 Å². The quantitative estimate of drug-likeness (QED) is 0.455. The first-order valence-corrected chi connectivity index (χ1v) is 11.1. The molecule has 0 fully saturated rings. The van der Waals surface area contributed by atoms with E-state index < -0.39 is 0 Å². The van der Waals surface area contributed by atoms with Crippen LogP contribution in [0, 0.1) is 0 Å². The number of nitrogens with zero attached hydrogens (tertiary/aromatic N) is 2. The standard InChI is InChI=1S/C28H28N2O4/c1-18(2)19-11-14-22(15-12-19)30-27(31)25(20-13-16-23(33-4)24(17-20)34-5)26(28(30)32)29(3)21-9-7-6-8-10-21/h6-18H,1-5H3. The predicted molar refractivity (Wildman–Crippen MR) is 134 cm³/mol. The first kappa shape index (κ1) is 23.1. The molecule has 6 heteroatoms. The lowest BCUT2D eigenvalue weighted by atomic mass is 10.0. The minimum Gasteiger partial charge on any atom is -0.493 e. The van der Waals surface area contributed by atoms with Gasteiger partial charge in [0.1, 0.15) is 5.70 Å². The van der Waals surface area contributed by atoms with Gasteiger partial charge in [0, 0.05) is 12.7 Å². The molecule has 0 radical (unpaired) electrons. The van der Waals surface area contributed by atoms with E-state index in [0.29, 0.717) is 39.9 Å². The van der Waals surface area contributed by atoms with Gasteiger partial charge in [-0.3, -0.25) is 9.59 Å². The van der Waals surface area contributed by atoms with Gasteiger partial charge in [0.05, 0.1) is 25.5 Å². The van der Waals surface area contributed by atoms with Crippen LogP contribution in [0.4, 0.5) is 11.4 Å². The number of imide groups is 1. The number of hydrogen-bond acceptors (Lipinski definition) is 5. The smallest absolute Gasteiger partial charge is 0.282 e. The van der Waals surface area contributed by atoms with Crippen molar-refractivity contribution >= 4 is 28.8 Å². The lowest BCUT2D eigenvalue weighted by Crippen LogP contribution is -2.34. The maximum absolute atomic E-state index is 13.8. The Hall–Kier alpha value is -4.06. The van der Waals surface area contributed by atoms with Crippen molar-refractivity contribution in [2.75, 3.05) is 31.1 Å². The van der Waals surface area contributed by atoms with E-state index in [9.17, 15) is 9.59 Å². The molecular formula is C28H28N2O4. The van der Waals surface area contributed by atoms with Crippen LogP contribution in [-0.4, -0.2) is 33.1 Å². The fraction of sp³-hybridized carbons (Fsp3) is 0.214. The van der Waals surface area contributed by atoms with Gasteiger partial charge in [0.2, 0.25) is 0 Å². The summed E-state index contributed by atoms with van der Waals surface area (Å²) in [5.74, 6) is 0.613. The molecule has 4 rings (SSSR count). The fourth-order valence-electron chi connectivity index (χ4n) is 4.10. The summed E-state index contributed by atoms with van der Waals surface area (Å²) < 4.78 is 10.8. The normalized spacial score (nSPS) is 13.6. The summed E-state index contributed by atoms with van der Waals surface area (Å²) in [5, 5.41) is 0. The van der Waals surface area contributed by atoms with Crippen molar-refractivity contribution in [3.8, 4) is 11.5 Å². The van der Waals surface area contributed by atoms with Gasteiger partial charge in [-0.05, 0) is 53.4 Å². The van der Waals surface area contributed by atoms with Crippen LogP contribution in [0.25, 0.3) is 5.57 Å². The van der Waals surface area contributed by atoms with E-state index in [4.69, 9.17) is 9.47 Å². The molecule has 0 N–H and O–H groups in total. The van der Waals surface area contributed by atoms with Gasteiger partial charge in [-0.25, -0.2) is 4.90 Å². The first-order chi connectivity index (χ1) is 16.4. The van der Waals surface area contributed by atoms with Gasteiger partial charge >= 0.3 is 0 Å². The number of ether oxygens (including phenoxy) is 2. The monoisotopic (exact) mass is 456 g/mol. The highest BCUT2D eigenvalue weighted by molar-refractivity contribution is 6.46. The topological polar surface area (TPSA) is 59.1 Å². The number of methoxy groups -OCH3 is 2. The molecule has 0 saturated carbocycles. The van der Waals surface area contributed by atoms with Gasteiger partial charge in [0.25, 0.3) is 11.8 Å². The summed E-state index contributed by atoms with van der Waals surface area (Å²) in [7, 11) is 4.89. The molecule has 0 aromatic heterocycles. The predicted octanol–water partition coefficient (Wildman–Crippen LogP) is 5.25. The summed E-state index contributed by atoms with van der Waals surface area (Å²) in [6.07, 6.45) is 0. The van der Waals surface area contributed by atoms with Gasteiger partial charge < -0.3 is 14.4 Å². The number of para-hydroxylation sites is 1. The summed E-state index contributed by atoms with van der Waals surface area (Å²) >= 11 is 0. The maximum Gasteiger partial charge on any atom is 0.282 e. The summed E-state index contributed by atoms with van der Waals surface area (Å²) in [4.78, 5) is 30.5. The van der Waals surface area contributed by atoms with Crippen LogP contribution >= 0.6 is 0 Å². The third kappa shape index (κ3) is 4.03. The van der Waals surface area contributed by atoms with E-state index >= 15 is 0 Å². The third-order valence-electron chi connectivity index (χ3n) is 6.03. The van der Waals surface area contributed by atoms with Crippen LogP contribution < -0.4 is 19.3 Å². The van der Waals surface area contributed by atoms with E-state index in [1.165, 1.54) is 12.0 Å². The molecule has 2 amide bonds. The Balaban J connectivity index is 1.86. The summed E-state index contributed by atoms with van der Waals surface area (Å²) in [6.45, 7) is 4.20. The van der Waals surface area contributed by atoms with Gasteiger partial charge in [0.15, 0.2) is 11.5 Å². The second kappa shape index (κ2) is 9.43. The van der Waals surface area contributed by atoms with Crippen LogP contribution in [0.5, 0.6) is 11.5 Å². The lowest BCUT2D eigenvalue weighted by molar-refractivity contribution is -0.120. The van der Waals surface area contributed by atoms with E-state index in [2.05, 4.69) is 13.8 Å². The average molecular weight is 457 g/mol. The molecule has 1 aliphatic rings. The number of benzene rings is 3. The molecule has 0 spiro atoms. The molecule has 1 heterocycles. The van der Waals surface area contributed by atoms with Crippen molar-refractivity contribution in [3.63, 3.8) is 0 Å². The Bertz CT molecular complexity index is 1250. The lowest BCUT2D eigenvalue weighted by Gasteiger charge is -2.22. The Kier molecular flexibility index (Phi) is 6.41. The Labute approximate surface area is 200 Å². The highest BCUT2D eigenvalue weighted by Gasteiger charge is 2.42. The molecule has 0 bridgehead atoms. The van der Waals surface area contributed by atoms with Crippen molar-refractivity contribution in [1.82, 2.24) is 0 Å². The largest absolute Gasteiger partial charge is 0.493 e. The zero-order valence-corrected chi connectivity index (χ0v) is 20.0. The van der Waals surface area contributed by atoms with Crippen molar-refractivity contribution in [3.05, 3.63) is 89.6 Å². The molecule has 34 heavy (non-hydrogen) atoms. The minimum atomic E-state index is -0.382. The number of amides is 2. The van der Waals surface area contributed by atoms with E-state index in [1.807, 2.05) is 54.6 Å². The van der Waals surface area contributed by atoms with Crippen molar-refractivity contribution in [1.29, 1.82) is 0 Å². The molecule has 6 nitrogen and oxygen atoms in total. The van der Waals surface area contributed by atoms with Crippen LogP contribution in [0.15, 0.2) is 78.5 Å². The zero-order chi connectivity index (χ0) is 24.4. The SMILES string of the molecule is COc1ccc(C2=C(N(C)c3ccccc3)C(=O)N(c3ccc(C(C)C)cc3)C2=O)cc1OC. The number of carbonyl (C=O) groups is 2. The number of likely N-dealkylation sites (N-methyl/N-ethyl adjacent to an activating group) is 1. The van der Waals surface area contributed by atoms with E-state index in [0.717, 1.165) is 11.3 Å². The summed E-state index contributed by atoms with van der Waals surface area (Å²) in [5.41, 5.74) is 3.66. The van der Waals surface area contributed by atoms with Gasteiger partial charge in [-0.1, -0.05) is 50.2 Å². The molecule has 1 aliphatic heterocycles. The second-order valence-corrected chi connectivity index (χ2v) is 8.38. The molecule has 174 valence electrons. The number of anilines is 2.